The molecule has 9 nitrogen and oxygen atoms in total. The van der Waals surface area contributed by atoms with Crippen LogP contribution in [0, 0.1) is 0 Å². The molecule has 0 atom stereocenters. The lowest BCUT2D eigenvalue weighted by Crippen LogP contribution is -2.37. The number of hydrogen-bond donors (Lipinski definition) is 0. The Morgan fingerprint density at radius 2 is 1.81 bits per heavy atom. The molecule has 156 valence electrons. The number of ether oxygens (including phenoxy) is 1. The smallest absolute Gasteiger partial charge is 0.332 e. The van der Waals surface area contributed by atoms with Crippen molar-refractivity contribution >= 4 is 16.9 Å². The van der Waals surface area contributed by atoms with Gasteiger partial charge in [0.15, 0.2) is 11.2 Å². The number of imidazole rings is 2. The summed E-state index contributed by atoms with van der Waals surface area (Å²) in [6, 6.07) is 11.6. The van der Waals surface area contributed by atoms with Crippen LogP contribution in [0.15, 0.2) is 64.6 Å². The summed E-state index contributed by atoms with van der Waals surface area (Å²) in [6.45, 7) is 0.503. The van der Waals surface area contributed by atoms with Crippen LogP contribution in [0.25, 0.3) is 28.2 Å². The molecule has 0 fully saturated rings. The lowest BCUT2D eigenvalue weighted by molar-refractivity contribution is 0.415. The minimum absolute atomic E-state index is 0.351. The molecular formula is C22H20N6O3. The highest BCUT2D eigenvalue weighted by atomic mass is 16.5. The quantitative estimate of drug-likeness (QED) is 0.446. The van der Waals surface area contributed by atoms with Crippen molar-refractivity contribution < 1.29 is 4.74 Å². The maximum absolute atomic E-state index is 12.9. The fourth-order valence-corrected chi connectivity index (χ4v) is 3.84. The van der Waals surface area contributed by atoms with Crippen LogP contribution >= 0.6 is 0 Å². The molecule has 4 heterocycles. The van der Waals surface area contributed by atoms with Crippen LogP contribution in [-0.4, -0.2) is 35.2 Å². The highest BCUT2D eigenvalue weighted by Crippen LogP contribution is 2.27. The molecule has 0 aliphatic heterocycles. The normalized spacial score (nSPS) is 11.5. The van der Waals surface area contributed by atoms with Crippen LogP contribution < -0.4 is 16.0 Å². The van der Waals surface area contributed by atoms with Gasteiger partial charge in [0, 0.05) is 38.2 Å². The minimum atomic E-state index is -0.410. The Morgan fingerprint density at radius 1 is 1.03 bits per heavy atom. The molecule has 0 aliphatic carbocycles. The van der Waals surface area contributed by atoms with E-state index in [1.165, 1.54) is 11.6 Å². The fraction of sp³-hybridized carbons (Fsp3) is 0.182. The molecule has 0 unspecified atom stereocenters. The molecule has 0 N–H and O–H groups in total. The van der Waals surface area contributed by atoms with Crippen LogP contribution in [-0.2, 0) is 20.6 Å². The molecule has 1 aromatic carbocycles. The molecule has 5 aromatic rings. The van der Waals surface area contributed by atoms with Crippen molar-refractivity contribution in [1.82, 2.24) is 28.1 Å². The van der Waals surface area contributed by atoms with E-state index in [0.29, 0.717) is 23.5 Å². The number of pyridine rings is 1. The number of nitrogens with zero attached hydrogens (tertiary/aromatic N) is 6. The maximum Gasteiger partial charge on any atom is 0.332 e. The molecule has 9 heteroatoms. The largest absolute Gasteiger partial charge is 0.497 e. The summed E-state index contributed by atoms with van der Waals surface area (Å²) >= 11 is 0. The van der Waals surface area contributed by atoms with E-state index in [-0.39, 0.29) is 5.56 Å². The molecule has 0 radical (unpaired) electrons. The molecule has 5 rings (SSSR count). The van der Waals surface area contributed by atoms with E-state index >= 15 is 0 Å². The molecule has 31 heavy (non-hydrogen) atoms. The van der Waals surface area contributed by atoms with E-state index in [2.05, 4.69) is 9.97 Å². The van der Waals surface area contributed by atoms with Crippen molar-refractivity contribution in [3.05, 3.63) is 81.4 Å². The Kier molecular flexibility index (Phi) is 4.25. The minimum Gasteiger partial charge on any atom is -0.497 e. The van der Waals surface area contributed by atoms with E-state index in [0.717, 1.165) is 27.1 Å². The second-order valence-corrected chi connectivity index (χ2v) is 7.35. The van der Waals surface area contributed by atoms with Gasteiger partial charge in [0.05, 0.1) is 19.3 Å². The van der Waals surface area contributed by atoms with Gasteiger partial charge in [-0.3, -0.25) is 23.3 Å². The molecule has 0 bridgehead atoms. The third-order valence-corrected chi connectivity index (χ3v) is 5.51. The third kappa shape index (κ3) is 2.85. The number of rotatable bonds is 4. The lowest BCUT2D eigenvalue weighted by Gasteiger charge is -2.09. The van der Waals surface area contributed by atoms with E-state index in [4.69, 9.17) is 4.74 Å². The van der Waals surface area contributed by atoms with Crippen molar-refractivity contribution in [2.75, 3.05) is 7.11 Å². The number of aromatic nitrogens is 6. The van der Waals surface area contributed by atoms with Crippen molar-refractivity contribution in [2.45, 2.75) is 6.54 Å². The van der Waals surface area contributed by atoms with Crippen LogP contribution in [0.3, 0.4) is 0 Å². The van der Waals surface area contributed by atoms with E-state index in [9.17, 15) is 9.59 Å². The Morgan fingerprint density at radius 3 is 2.48 bits per heavy atom. The van der Waals surface area contributed by atoms with Gasteiger partial charge < -0.3 is 9.30 Å². The first-order valence-electron chi connectivity index (χ1n) is 9.70. The zero-order valence-corrected chi connectivity index (χ0v) is 17.3. The average molecular weight is 416 g/mol. The summed E-state index contributed by atoms with van der Waals surface area (Å²) in [5.74, 6) is 1.33. The van der Waals surface area contributed by atoms with Gasteiger partial charge >= 0.3 is 5.69 Å². The highest BCUT2D eigenvalue weighted by molar-refractivity contribution is 5.78. The number of methoxy groups -OCH3 is 1. The number of fused-ring (bicyclic) bond motifs is 3. The molecule has 0 spiro atoms. The first-order chi connectivity index (χ1) is 15.0. The first-order valence-corrected chi connectivity index (χ1v) is 9.70. The Hall–Kier alpha value is -4.14. The van der Waals surface area contributed by atoms with E-state index in [1.807, 2.05) is 47.2 Å². The van der Waals surface area contributed by atoms with Crippen LogP contribution in [0.2, 0.25) is 0 Å². The molecule has 0 amide bonds. The second-order valence-electron chi connectivity index (χ2n) is 7.35. The van der Waals surface area contributed by atoms with Gasteiger partial charge in [-0.15, -0.1) is 0 Å². The first kappa shape index (κ1) is 18.9. The van der Waals surface area contributed by atoms with E-state index < -0.39 is 5.69 Å². The molecular weight excluding hydrogens is 396 g/mol. The van der Waals surface area contributed by atoms with Crippen LogP contribution in [0.4, 0.5) is 0 Å². The Bertz CT molecular complexity index is 1540. The molecule has 4 aromatic heterocycles. The monoisotopic (exact) mass is 416 g/mol. The van der Waals surface area contributed by atoms with Crippen LogP contribution in [0.1, 0.15) is 5.56 Å². The van der Waals surface area contributed by atoms with Gasteiger partial charge in [0.25, 0.3) is 5.56 Å². The summed E-state index contributed by atoms with van der Waals surface area (Å²) in [5, 5.41) is 0. The van der Waals surface area contributed by atoms with Crippen molar-refractivity contribution in [3.8, 4) is 17.0 Å². The fourth-order valence-electron chi connectivity index (χ4n) is 3.84. The summed E-state index contributed by atoms with van der Waals surface area (Å²) in [4.78, 5) is 34.2. The maximum atomic E-state index is 12.9. The summed E-state index contributed by atoms with van der Waals surface area (Å²) < 4.78 is 11.5. The predicted octanol–water partition coefficient (Wildman–Crippen LogP) is 1.81. The third-order valence-electron chi connectivity index (χ3n) is 5.51. The Labute approximate surface area is 176 Å². The van der Waals surface area contributed by atoms with Crippen LogP contribution in [0.5, 0.6) is 5.75 Å². The summed E-state index contributed by atoms with van der Waals surface area (Å²) in [6.07, 6.45) is 5.41. The molecule has 0 aliphatic rings. The van der Waals surface area contributed by atoms with Gasteiger partial charge in [-0.25, -0.2) is 4.79 Å². The Balaban J connectivity index is 1.84. The zero-order valence-electron chi connectivity index (χ0n) is 17.3. The van der Waals surface area contributed by atoms with Gasteiger partial charge in [0.2, 0.25) is 5.78 Å². The van der Waals surface area contributed by atoms with Crippen molar-refractivity contribution in [3.63, 3.8) is 0 Å². The van der Waals surface area contributed by atoms with Crippen molar-refractivity contribution in [2.24, 2.45) is 14.1 Å². The summed E-state index contributed by atoms with van der Waals surface area (Å²) in [5.41, 5.74) is 2.74. The number of hydrogen-bond acceptors (Lipinski definition) is 5. The number of benzene rings is 1. The van der Waals surface area contributed by atoms with Gasteiger partial charge in [-0.05, 0) is 35.9 Å². The zero-order chi connectivity index (χ0) is 21.7. The topological polar surface area (TPSA) is 88.4 Å². The van der Waals surface area contributed by atoms with Gasteiger partial charge in [-0.1, -0.05) is 6.07 Å². The van der Waals surface area contributed by atoms with E-state index in [1.54, 1.807) is 31.0 Å². The predicted molar refractivity (Wildman–Crippen MR) is 116 cm³/mol. The lowest BCUT2D eigenvalue weighted by atomic mass is 10.1. The van der Waals surface area contributed by atoms with Gasteiger partial charge in [0.1, 0.15) is 5.75 Å². The number of aryl methyl sites for hydroxylation is 1. The average Bonchev–Trinajstić information content (AvgIpc) is 3.34. The van der Waals surface area contributed by atoms with Gasteiger partial charge in [-0.2, -0.15) is 4.98 Å². The second kappa shape index (κ2) is 6.98. The summed E-state index contributed by atoms with van der Waals surface area (Å²) in [7, 11) is 4.72. The standard InChI is InChI=1S/C22H20N6O3/c1-25-19-18(20(29)26(2)22(25)30)28-13-17(15-6-8-16(31-3)9-7-15)27(21(28)24-19)12-14-5-4-10-23-11-14/h4-11,13H,12H2,1-3H3. The molecule has 0 saturated carbocycles. The highest BCUT2D eigenvalue weighted by Gasteiger charge is 2.21. The van der Waals surface area contributed by atoms with Crippen molar-refractivity contribution in [1.29, 1.82) is 0 Å². The SMILES string of the molecule is COc1ccc(-c2cn3c4c(=O)n(C)c(=O)n(C)c4nc3n2Cc2cccnc2)cc1. The molecule has 0 saturated heterocycles.